The van der Waals surface area contributed by atoms with Gasteiger partial charge in [-0.3, -0.25) is 9.59 Å². The highest BCUT2D eigenvalue weighted by Crippen LogP contribution is 2.22. The molecular formula is C15H27NO3. The minimum absolute atomic E-state index is 0.122. The summed E-state index contributed by atoms with van der Waals surface area (Å²) in [6, 6.07) is 0. The van der Waals surface area contributed by atoms with Crippen LogP contribution in [0.4, 0.5) is 0 Å². The van der Waals surface area contributed by atoms with Crippen LogP contribution < -0.4 is 0 Å². The number of unbranched alkanes of at least 4 members (excludes halogenated alkanes) is 1. The van der Waals surface area contributed by atoms with E-state index >= 15 is 0 Å². The maximum absolute atomic E-state index is 12.5. The summed E-state index contributed by atoms with van der Waals surface area (Å²) in [7, 11) is 1.42. The van der Waals surface area contributed by atoms with E-state index in [1.807, 2.05) is 4.90 Å². The number of carbonyl (C=O) groups excluding carboxylic acids is 2. The molecule has 1 saturated heterocycles. The molecule has 0 aromatic rings. The molecule has 0 saturated carbocycles. The van der Waals surface area contributed by atoms with Crippen LogP contribution in [0.1, 0.15) is 52.4 Å². The average molecular weight is 269 g/mol. The molecule has 2 atom stereocenters. The van der Waals surface area contributed by atoms with E-state index < -0.39 is 0 Å². The summed E-state index contributed by atoms with van der Waals surface area (Å²) >= 11 is 0. The van der Waals surface area contributed by atoms with Crippen molar-refractivity contribution in [2.45, 2.75) is 52.4 Å². The van der Waals surface area contributed by atoms with Crippen LogP contribution in [0.2, 0.25) is 0 Å². The Kier molecular flexibility index (Phi) is 6.89. The fourth-order valence-corrected chi connectivity index (χ4v) is 2.75. The summed E-state index contributed by atoms with van der Waals surface area (Å²) in [5.74, 6) is 0.0337. The molecule has 19 heavy (non-hydrogen) atoms. The highest BCUT2D eigenvalue weighted by Gasteiger charge is 2.31. The van der Waals surface area contributed by atoms with Gasteiger partial charge in [0.05, 0.1) is 13.0 Å². The zero-order chi connectivity index (χ0) is 14.3. The Bertz CT molecular complexity index is 304. The van der Waals surface area contributed by atoms with Crippen LogP contribution in [-0.2, 0) is 14.3 Å². The molecule has 2 unspecified atom stereocenters. The molecule has 0 aliphatic carbocycles. The summed E-state index contributed by atoms with van der Waals surface area (Å²) in [5.41, 5.74) is 0. The number of ether oxygens (including phenoxy) is 1. The molecule has 1 rings (SSSR count). The van der Waals surface area contributed by atoms with Gasteiger partial charge in [-0.25, -0.2) is 0 Å². The Morgan fingerprint density at radius 2 is 2.11 bits per heavy atom. The number of esters is 1. The molecule has 0 spiro atoms. The van der Waals surface area contributed by atoms with E-state index in [2.05, 4.69) is 13.8 Å². The van der Waals surface area contributed by atoms with Crippen molar-refractivity contribution in [2.24, 2.45) is 11.8 Å². The molecule has 0 aromatic carbocycles. The topological polar surface area (TPSA) is 46.6 Å². The molecular weight excluding hydrogens is 242 g/mol. The first-order valence-corrected chi connectivity index (χ1v) is 7.50. The van der Waals surface area contributed by atoms with Crippen LogP contribution in [0, 0.1) is 11.8 Å². The molecule has 110 valence electrons. The van der Waals surface area contributed by atoms with E-state index in [4.69, 9.17) is 4.74 Å². The number of hydrogen-bond donors (Lipinski definition) is 0. The van der Waals surface area contributed by atoms with Gasteiger partial charge in [0.15, 0.2) is 0 Å². The largest absolute Gasteiger partial charge is 0.469 e. The van der Waals surface area contributed by atoms with Crippen molar-refractivity contribution in [3.05, 3.63) is 0 Å². The van der Waals surface area contributed by atoms with Crippen LogP contribution in [-0.4, -0.2) is 37.0 Å². The fourth-order valence-electron chi connectivity index (χ4n) is 2.75. The predicted octanol–water partition coefficient (Wildman–Crippen LogP) is 2.61. The van der Waals surface area contributed by atoms with Crippen molar-refractivity contribution in [1.82, 2.24) is 4.90 Å². The first kappa shape index (κ1) is 16.0. The number of rotatable bonds is 6. The molecule has 0 radical (unpaired) electrons. The monoisotopic (exact) mass is 269 g/mol. The lowest BCUT2D eigenvalue weighted by Crippen LogP contribution is -2.45. The SMILES string of the molecule is CCCCC(CC)C(=O)N1CCCC(C(=O)OC)C1. The quantitative estimate of drug-likeness (QED) is 0.696. The third kappa shape index (κ3) is 4.51. The second-order valence-electron chi connectivity index (χ2n) is 5.39. The Morgan fingerprint density at radius 1 is 1.37 bits per heavy atom. The van der Waals surface area contributed by atoms with E-state index in [1.165, 1.54) is 7.11 Å². The lowest BCUT2D eigenvalue weighted by Gasteiger charge is -2.33. The lowest BCUT2D eigenvalue weighted by molar-refractivity contribution is -0.149. The smallest absolute Gasteiger partial charge is 0.310 e. The molecule has 0 bridgehead atoms. The van der Waals surface area contributed by atoms with E-state index in [1.54, 1.807) is 0 Å². The molecule has 0 aromatic heterocycles. The maximum atomic E-state index is 12.5. The number of nitrogens with zero attached hydrogens (tertiary/aromatic N) is 1. The number of hydrogen-bond acceptors (Lipinski definition) is 3. The van der Waals surface area contributed by atoms with Crippen molar-refractivity contribution < 1.29 is 14.3 Å². The Balaban J connectivity index is 2.57. The molecule has 4 heteroatoms. The van der Waals surface area contributed by atoms with Crippen LogP contribution in [0.15, 0.2) is 0 Å². The maximum Gasteiger partial charge on any atom is 0.310 e. The molecule has 1 aliphatic heterocycles. The average Bonchev–Trinajstić information content (AvgIpc) is 2.47. The molecule has 0 N–H and O–H groups in total. The van der Waals surface area contributed by atoms with E-state index in [9.17, 15) is 9.59 Å². The second-order valence-corrected chi connectivity index (χ2v) is 5.39. The van der Waals surface area contributed by atoms with Gasteiger partial charge in [-0.05, 0) is 25.7 Å². The first-order chi connectivity index (χ1) is 9.13. The van der Waals surface area contributed by atoms with Crippen molar-refractivity contribution in [2.75, 3.05) is 20.2 Å². The van der Waals surface area contributed by atoms with Gasteiger partial charge < -0.3 is 9.64 Å². The number of carbonyl (C=O) groups is 2. The molecule has 1 amide bonds. The zero-order valence-corrected chi connectivity index (χ0v) is 12.5. The lowest BCUT2D eigenvalue weighted by atomic mass is 9.93. The van der Waals surface area contributed by atoms with Gasteiger partial charge in [0, 0.05) is 19.0 Å². The summed E-state index contributed by atoms with van der Waals surface area (Å²) in [6.07, 6.45) is 5.80. The summed E-state index contributed by atoms with van der Waals surface area (Å²) in [6.45, 7) is 5.54. The van der Waals surface area contributed by atoms with Crippen LogP contribution in [0.5, 0.6) is 0 Å². The highest BCUT2D eigenvalue weighted by molar-refractivity contribution is 5.80. The Morgan fingerprint density at radius 3 is 2.68 bits per heavy atom. The van der Waals surface area contributed by atoms with Crippen LogP contribution in [0.25, 0.3) is 0 Å². The third-order valence-corrected chi connectivity index (χ3v) is 4.02. The number of likely N-dealkylation sites (tertiary alicyclic amines) is 1. The fraction of sp³-hybridized carbons (Fsp3) is 0.867. The van der Waals surface area contributed by atoms with Gasteiger partial charge in [-0.15, -0.1) is 0 Å². The van der Waals surface area contributed by atoms with Gasteiger partial charge in [0.1, 0.15) is 0 Å². The number of piperidine rings is 1. The van der Waals surface area contributed by atoms with E-state index in [0.717, 1.165) is 45.1 Å². The normalized spacial score (nSPS) is 21.0. The van der Waals surface area contributed by atoms with E-state index in [0.29, 0.717) is 6.54 Å². The van der Waals surface area contributed by atoms with Gasteiger partial charge >= 0.3 is 5.97 Å². The van der Waals surface area contributed by atoms with Crippen molar-refractivity contribution >= 4 is 11.9 Å². The van der Waals surface area contributed by atoms with Crippen molar-refractivity contribution in [3.63, 3.8) is 0 Å². The molecule has 1 aliphatic rings. The Hall–Kier alpha value is -1.06. The minimum Gasteiger partial charge on any atom is -0.469 e. The summed E-state index contributed by atoms with van der Waals surface area (Å²) < 4.78 is 4.79. The third-order valence-electron chi connectivity index (χ3n) is 4.02. The van der Waals surface area contributed by atoms with E-state index in [-0.39, 0.29) is 23.7 Å². The Labute approximate surface area is 116 Å². The minimum atomic E-state index is -0.181. The number of methoxy groups -OCH3 is 1. The van der Waals surface area contributed by atoms with Crippen LogP contribution >= 0.6 is 0 Å². The molecule has 1 fully saturated rings. The first-order valence-electron chi connectivity index (χ1n) is 7.50. The van der Waals surface area contributed by atoms with Gasteiger partial charge in [-0.1, -0.05) is 26.7 Å². The van der Waals surface area contributed by atoms with Crippen molar-refractivity contribution in [1.29, 1.82) is 0 Å². The van der Waals surface area contributed by atoms with Gasteiger partial charge in [0.25, 0.3) is 0 Å². The standard InChI is InChI=1S/C15H27NO3/c1-4-6-8-12(5-2)14(17)16-10-7-9-13(11-16)15(18)19-3/h12-13H,4-11H2,1-3H3. The summed E-state index contributed by atoms with van der Waals surface area (Å²) in [4.78, 5) is 25.9. The van der Waals surface area contributed by atoms with Crippen molar-refractivity contribution in [3.8, 4) is 0 Å². The predicted molar refractivity (Wildman–Crippen MR) is 74.6 cm³/mol. The zero-order valence-electron chi connectivity index (χ0n) is 12.5. The highest BCUT2D eigenvalue weighted by atomic mass is 16.5. The van der Waals surface area contributed by atoms with Crippen LogP contribution in [0.3, 0.4) is 0 Å². The van der Waals surface area contributed by atoms with Gasteiger partial charge in [0.2, 0.25) is 5.91 Å². The summed E-state index contributed by atoms with van der Waals surface area (Å²) in [5, 5.41) is 0. The van der Waals surface area contributed by atoms with Gasteiger partial charge in [-0.2, -0.15) is 0 Å². The second kappa shape index (κ2) is 8.18. The number of amides is 1. The molecule has 1 heterocycles. The molecule has 4 nitrogen and oxygen atoms in total.